The Morgan fingerprint density at radius 3 is 2.72 bits per heavy atom. The van der Waals surface area contributed by atoms with Crippen LogP contribution in [0.5, 0.6) is 0 Å². The van der Waals surface area contributed by atoms with Crippen LogP contribution >= 0.6 is 0 Å². The van der Waals surface area contributed by atoms with Crippen LogP contribution in [0.3, 0.4) is 0 Å². The molecule has 1 amide bonds. The number of carbonyl (C=O) groups excluding carboxylic acids is 1. The van der Waals surface area contributed by atoms with E-state index >= 15 is 0 Å². The molecule has 18 heavy (non-hydrogen) atoms. The van der Waals surface area contributed by atoms with Gasteiger partial charge in [0.15, 0.2) is 11.5 Å². The molecule has 7 nitrogen and oxygen atoms in total. The summed E-state index contributed by atoms with van der Waals surface area (Å²) < 4.78 is 1.43. The smallest absolute Gasteiger partial charge is 0.271 e. The second-order valence-electron chi connectivity index (χ2n) is 3.86. The predicted molar refractivity (Wildman–Crippen MR) is 66.2 cm³/mol. The number of nitrogens with zero attached hydrogens (tertiary/aromatic N) is 4. The predicted octanol–water partition coefficient (Wildman–Crippen LogP) is 0.214. The van der Waals surface area contributed by atoms with Gasteiger partial charge in [0.05, 0.1) is 11.9 Å². The highest BCUT2D eigenvalue weighted by Crippen LogP contribution is 2.13. The number of aromatic nitrogens is 4. The summed E-state index contributed by atoms with van der Waals surface area (Å²) in [7, 11) is 0. The first-order chi connectivity index (χ1) is 8.51. The minimum atomic E-state index is -0.659. The van der Waals surface area contributed by atoms with Crippen molar-refractivity contribution in [3.05, 3.63) is 29.5 Å². The molecule has 2 heterocycles. The van der Waals surface area contributed by atoms with Gasteiger partial charge in [-0.2, -0.15) is 5.10 Å². The minimum Gasteiger partial charge on any atom is -0.396 e. The maximum Gasteiger partial charge on any atom is 0.271 e. The third-order valence-corrected chi connectivity index (χ3v) is 2.45. The Bertz CT molecular complexity index is 604. The number of anilines is 1. The van der Waals surface area contributed by atoms with Gasteiger partial charge in [0, 0.05) is 11.8 Å². The van der Waals surface area contributed by atoms with Crippen molar-refractivity contribution >= 4 is 11.6 Å². The molecule has 0 saturated heterocycles. The van der Waals surface area contributed by atoms with Crippen LogP contribution in [0.1, 0.15) is 28.9 Å². The lowest BCUT2D eigenvalue weighted by Gasteiger charge is -2.04. The number of nitrogens with two attached hydrogens (primary N) is 2. The molecule has 4 N–H and O–H groups in total. The van der Waals surface area contributed by atoms with E-state index in [1.54, 1.807) is 13.0 Å². The van der Waals surface area contributed by atoms with Gasteiger partial charge >= 0.3 is 0 Å². The van der Waals surface area contributed by atoms with Crippen LogP contribution in [0.25, 0.3) is 5.82 Å². The Hall–Kier alpha value is -2.44. The van der Waals surface area contributed by atoms with E-state index in [4.69, 9.17) is 11.5 Å². The lowest BCUT2D eigenvalue weighted by Crippen LogP contribution is -2.14. The van der Waals surface area contributed by atoms with Crippen molar-refractivity contribution in [1.29, 1.82) is 0 Å². The zero-order chi connectivity index (χ0) is 13.3. The van der Waals surface area contributed by atoms with Gasteiger partial charge in [-0.15, -0.1) is 0 Å². The number of primary amides is 1. The third-order valence-electron chi connectivity index (χ3n) is 2.45. The van der Waals surface area contributed by atoms with Gasteiger partial charge in [-0.25, -0.2) is 14.6 Å². The SMILES string of the molecule is CCc1cc(-n2cc(N)c(C(N)=O)n2)nc(C)n1. The van der Waals surface area contributed by atoms with Gasteiger partial charge in [-0.05, 0) is 13.3 Å². The van der Waals surface area contributed by atoms with Crippen molar-refractivity contribution in [2.45, 2.75) is 20.3 Å². The molecule has 7 heteroatoms. The van der Waals surface area contributed by atoms with Gasteiger partial charge in [-0.1, -0.05) is 6.92 Å². The molecule has 94 valence electrons. The molecule has 0 bridgehead atoms. The van der Waals surface area contributed by atoms with E-state index < -0.39 is 5.91 Å². The number of amides is 1. The Morgan fingerprint density at radius 1 is 1.44 bits per heavy atom. The summed E-state index contributed by atoms with van der Waals surface area (Å²) in [5.74, 6) is 0.547. The Kier molecular flexibility index (Phi) is 2.97. The highest BCUT2D eigenvalue weighted by atomic mass is 16.1. The summed E-state index contributed by atoms with van der Waals surface area (Å²) in [6.45, 7) is 3.79. The van der Waals surface area contributed by atoms with E-state index in [0.717, 1.165) is 12.1 Å². The monoisotopic (exact) mass is 246 g/mol. The molecule has 0 radical (unpaired) electrons. The maximum absolute atomic E-state index is 11.1. The molecule has 0 aliphatic carbocycles. The standard InChI is InChI=1S/C11H14N6O/c1-3-7-4-9(15-6(2)14-7)17-5-8(12)10(16-17)11(13)18/h4-5H,3,12H2,1-2H3,(H2,13,18). The fourth-order valence-corrected chi connectivity index (χ4v) is 1.61. The molecule has 0 atom stereocenters. The van der Waals surface area contributed by atoms with Crippen LogP contribution < -0.4 is 11.5 Å². The van der Waals surface area contributed by atoms with Crippen molar-refractivity contribution < 1.29 is 4.79 Å². The van der Waals surface area contributed by atoms with Crippen molar-refractivity contribution in [2.24, 2.45) is 5.73 Å². The second kappa shape index (κ2) is 4.44. The molecule has 0 aromatic carbocycles. The van der Waals surface area contributed by atoms with Gasteiger partial charge in [-0.3, -0.25) is 4.79 Å². The van der Waals surface area contributed by atoms with Crippen molar-refractivity contribution in [3.63, 3.8) is 0 Å². The van der Waals surface area contributed by atoms with Crippen LogP contribution in [0.15, 0.2) is 12.3 Å². The summed E-state index contributed by atoms with van der Waals surface area (Å²) in [5, 5.41) is 4.02. The normalized spacial score (nSPS) is 10.6. The third kappa shape index (κ3) is 2.15. The van der Waals surface area contributed by atoms with Crippen LogP contribution in [0.4, 0.5) is 5.69 Å². The van der Waals surface area contributed by atoms with Crippen LogP contribution in [0.2, 0.25) is 0 Å². The van der Waals surface area contributed by atoms with E-state index in [1.165, 1.54) is 10.9 Å². The summed E-state index contributed by atoms with van der Waals surface area (Å²) in [6.07, 6.45) is 2.30. The Balaban J connectivity index is 2.51. The minimum absolute atomic E-state index is 0.0457. The number of aryl methyl sites for hydroxylation is 2. The number of rotatable bonds is 3. The molecule has 2 aromatic rings. The fourth-order valence-electron chi connectivity index (χ4n) is 1.61. The van der Waals surface area contributed by atoms with E-state index in [-0.39, 0.29) is 11.4 Å². The van der Waals surface area contributed by atoms with Crippen molar-refractivity contribution in [2.75, 3.05) is 5.73 Å². The second-order valence-corrected chi connectivity index (χ2v) is 3.86. The molecule has 0 aliphatic rings. The van der Waals surface area contributed by atoms with Crippen molar-refractivity contribution in [3.8, 4) is 5.82 Å². The first-order valence-corrected chi connectivity index (χ1v) is 5.51. The van der Waals surface area contributed by atoms with E-state index in [1.807, 2.05) is 6.92 Å². The summed E-state index contributed by atoms with van der Waals surface area (Å²) in [6, 6.07) is 1.80. The van der Waals surface area contributed by atoms with Gasteiger partial charge in [0.25, 0.3) is 5.91 Å². The highest BCUT2D eigenvalue weighted by molar-refractivity contribution is 5.95. The van der Waals surface area contributed by atoms with E-state index in [0.29, 0.717) is 11.6 Å². The van der Waals surface area contributed by atoms with E-state index in [9.17, 15) is 4.79 Å². The topological polar surface area (TPSA) is 113 Å². The Labute approximate surface area is 104 Å². The number of hydrogen-bond acceptors (Lipinski definition) is 5. The largest absolute Gasteiger partial charge is 0.396 e. The molecule has 0 spiro atoms. The first kappa shape index (κ1) is 12.0. The molecule has 2 rings (SSSR count). The molecular formula is C11H14N6O. The number of carbonyl (C=O) groups is 1. The summed E-state index contributed by atoms with van der Waals surface area (Å²) >= 11 is 0. The first-order valence-electron chi connectivity index (χ1n) is 5.51. The highest BCUT2D eigenvalue weighted by Gasteiger charge is 2.13. The zero-order valence-corrected chi connectivity index (χ0v) is 10.2. The van der Waals surface area contributed by atoms with Gasteiger partial charge in [0.2, 0.25) is 0 Å². The molecule has 0 saturated carbocycles. The van der Waals surface area contributed by atoms with E-state index in [2.05, 4.69) is 15.1 Å². The summed E-state index contributed by atoms with van der Waals surface area (Å²) in [5.41, 5.74) is 12.0. The molecule has 2 aromatic heterocycles. The van der Waals surface area contributed by atoms with Gasteiger partial charge in [0.1, 0.15) is 5.82 Å². The average molecular weight is 246 g/mol. The lowest BCUT2D eigenvalue weighted by atomic mass is 10.3. The van der Waals surface area contributed by atoms with Gasteiger partial charge < -0.3 is 11.5 Å². The zero-order valence-electron chi connectivity index (χ0n) is 10.2. The molecular weight excluding hydrogens is 232 g/mol. The Morgan fingerprint density at radius 2 is 2.17 bits per heavy atom. The molecule has 0 fully saturated rings. The van der Waals surface area contributed by atoms with Crippen molar-refractivity contribution in [1.82, 2.24) is 19.7 Å². The average Bonchev–Trinajstić information content (AvgIpc) is 2.70. The van der Waals surface area contributed by atoms with Crippen LogP contribution in [-0.4, -0.2) is 25.7 Å². The fraction of sp³-hybridized carbons (Fsp3) is 0.273. The van der Waals surface area contributed by atoms with Crippen LogP contribution in [-0.2, 0) is 6.42 Å². The van der Waals surface area contributed by atoms with Crippen LogP contribution in [0, 0.1) is 6.92 Å². The number of nitrogen functional groups attached to an aromatic ring is 1. The quantitative estimate of drug-likeness (QED) is 0.804. The molecule has 0 unspecified atom stereocenters. The summed E-state index contributed by atoms with van der Waals surface area (Å²) in [4.78, 5) is 19.6. The molecule has 0 aliphatic heterocycles. The number of hydrogen-bond donors (Lipinski definition) is 2. The maximum atomic E-state index is 11.1. The lowest BCUT2D eigenvalue weighted by molar-refractivity contribution is 0.0996.